The number of carbonyl (C=O) groups excluding carboxylic acids is 3. The second-order valence-corrected chi connectivity index (χ2v) is 6.36. The number of urea groups is 1. The monoisotopic (exact) mass is 358 g/mol. The van der Waals surface area contributed by atoms with Crippen LogP contribution in [0.4, 0.5) is 13.6 Å². The topological polar surface area (TPSA) is 66.5 Å². The first-order chi connectivity index (χ1) is 12.2. The number of amides is 3. The van der Waals surface area contributed by atoms with Crippen molar-refractivity contribution in [1.29, 1.82) is 0 Å². The number of ketones is 1. The molecule has 3 amide bonds. The molecule has 0 saturated carbocycles. The predicted molar refractivity (Wildman–Crippen MR) is 89.5 cm³/mol. The molecular weight excluding hydrogens is 342 g/mol. The van der Waals surface area contributed by atoms with Crippen LogP contribution in [-0.2, 0) is 10.3 Å². The van der Waals surface area contributed by atoms with Crippen molar-refractivity contribution in [3.05, 3.63) is 70.8 Å². The third-order valence-electron chi connectivity index (χ3n) is 4.45. The molecular formula is C19H16F2N2O3. The molecule has 1 atom stereocenters. The van der Waals surface area contributed by atoms with Crippen LogP contribution >= 0.6 is 0 Å². The molecule has 1 unspecified atom stereocenters. The lowest BCUT2D eigenvalue weighted by molar-refractivity contribution is -0.130. The van der Waals surface area contributed by atoms with E-state index in [-0.39, 0.29) is 5.56 Å². The van der Waals surface area contributed by atoms with Crippen LogP contribution in [0.2, 0.25) is 0 Å². The van der Waals surface area contributed by atoms with Crippen molar-refractivity contribution in [2.75, 3.05) is 6.54 Å². The number of hydrogen-bond acceptors (Lipinski definition) is 3. The highest BCUT2D eigenvalue weighted by atomic mass is 19.2. The molecule has 2 aromatic rings. The highest BCUT2D eigenvalue weighted by Gasteiger charge is 2.49. The van der Waals surface area contributed by atoms with Gasteiger partial charge >= 0.3 is 6.03 Å². The van der Waals surface area contributed by atoms with Crippen molar-refractivity contribution in [3.8, 4) is 0 Å². The smallest absolute Gasteiger partial charge is 0.319 e. The van der Waals surface area contributed by atoms with Gasteiger partial charge in [0.1, 0.15) is 5.54 Å². The summed E-state index contributed by atoms with van der Waals surface area (Å²) < 4.78 is 26.3. The molecule has 1 fully saturated rings. The van der Waals surface area contributed by atoms with Crippen LogP contribution in [0.1, 0.15) is 28.4 Å². The van der Waals surface area contributed by atoms with Gasteiger partial charge in [-0.2, -0.15) is 0 Å². The number of imide groups is 1. The largest absolute Gasteiger partial charge is 0.325 e. The van der Waals surface area contributed by atoms with E-state index >= 15 is 0 Å². The normalized spacial score (nSPS) is 19.6. The number of aryl methyl sites for hydroxylation is 1. The zero-order valence-corrected chi connectivity index (χ0v) is 14.2. The van der Waals surface area contributed by atoms with E-state index in [1.54, 1.807) is 19.1 Å². The molecule has 3 rings (SSSR count). The lowest BCUT2D eigenvalue weighted by Crippen LogP contribution is -2.41. The summed E-state index contributed by atoms with van der Waals surface area (Å²) >= 11 is 0. The SMILES string of the molecule is Cc1ccc(C2(C)NC(=O)N(CC(=O)c3ccc(F)c(F)c3)C2=O)cc1. The molecule has 1 saturated heterocycles. The Bertz CT molecular complexity index is 912. The Hall–Kier alpha value is -3.09. The minimum absolute atomic E-state index is 0.117. The maximum Gasteiger partial charge on any atom is 0.325 e. The molecule has 1 aliphatic rings. The van der Waals surface area contributed by atoms with E-state index < -0.39 is 41.4 Å². The molecule has 1 heterocycles. The van der Waals surface area contributed by atoms with E-state index in [0.717, 1.165) is 28.7 Å². The maximum absolute atomic E-state index is 13.3. The Morgan fingerprint density at radius 1 is 1.08 bits per heavy atom. The summed E-state index contributed by atoms with van der Waals surface area (Å²) in [6, 6.07) is 9.06. The quantitative estimate of drug-likeness (QED) is 0.675. The second kappa shape index (κ2) is 6.33. The van der Waals surface area contributed by atoms with Crippen LogP contribution in [0.3, 0.4) is 0 Å². The minimum atomic E-state index is -1.29. The van der Waals surface area contributed by atoms with Crippen molar-refractivity contribution in [2.45, 2.75) is 19.4 Å². The molecule has 0 spiro atoms. The standard InChI is InChI=1S/C19H16F2N2O3/c1-11-3-6-13(7-4-11)19(2)17(25)23(18(26)22-19)10-16(24)12-5-8-14(20)15(21)9-12/h3-9H,10H2,1-2H3,(H,22,26). The Morgan fingerprint density at radius 3 is 2.35 bits per heavy atom. The van der Waals surface area contributed by atoms with Gasteiger partial charge in [0, 0.05) is 5.56 Å². The lowest BCUT2D eigenvalue weighted by Gasteiger charge is -2.22. The molecule has 0 radical (unpaired) electrons. The van der Waals surface area contributed by atoms with Gasteiger partial charge in [-0.3, -0.25) is 14.5 Å². The zero-order chi connectivity index (χ0) is 19.1. The summed E-state index contributed by atoms with van der Waals surface area (Å²) in [7, 11) is 0. The lowest BCUT2D eigenvalue weighted by atomic mass is 9.91. The van der Waals surface area contributed by atoms with Crippen molar-refractivity contribution in [1.82, 2.24) is 10.2 Å². The first-order valence-corrected chi connectivity index (χ1v) is 7.92. The molecule has 0 aromatic heterocycles. The Balaban J connectivity index is 1.84. The van der Waals surface area contributed by atoms with Gasteiger partial charge in [0.2, 0.25) is 0 Å². The Morgan fingerprint density at radius 2 is 1.73 bits per heavy atom. The second-order valence-electron chi connectivity index (χ2n) is 6.36. The molecule has 1 aliphatic heterocycles. The number of benzene rings is 2. The van der Waals surface area contributed by atoms with Gasteiger partial charge in [0.25, 0.3) is 5.91 Å². The molecule has 1 N–H and O–H groups in total. The summed E-state index contributed by atoms with van der Waals surface area (Å²) in [5, 5.41) is 2.59. The van der Waals surface area contributed by atoms with E-state index in [4.69, 9.17) is 0 Å². The Kier molecular flexibility index (Phi) is 4.31. The van der Waals surface area contributed by atoms with E-state index in [9.17, 15) is 23.2 Å². The van der Waals surface area contributed by atoms with Gasteiger partial charge in [-0.1, -0.05) is 29.8 Å². The molecule has 2 aromatic carbocycles. The number of carbonyl (C=O) groups is 3. The highest BCUT2D eigenvalue weighted by Crippen LogP contribution is 2.29. The van der Waals surface area contributed by atoms with Crippen molar-refractivity contribution in [2.24, 2.45) is 0 Å². The Labute approximate surface area is 148 Å². The van der Waals surface area contributed by atoms with Crippen molar-refractivity contribution >= 4 is 17.7 Å². The first kappa shape index (κ1) is 17.7. The summed E-state index contributed by atoms with van der Waals surface area (Å²) in [5.74, 6) is -3.50. The third-order valence-corrected chi connectivity index (χ3v) is 4.45. The maximum atomic E-state index is 13.3. The number of nitrogens with zero attached hydrogens (tertiary/aromatic N) is 1. The molecule has 0 aliphatic carbocycles. The zero-order valence-electron chi connectivity index (χ0n) is 14.2. The van der Waals surface area contributed by atoms with Crippen molar-refractivity contribution in [3.63, 3.8) is 0 Å². The van der Waals surface area contributed by atoms with E-state index in [1.165, 1.54) is 0 Å². The summed E-state index contributed by atoms with van der Waals surface area (Å²) in [5.41, 5.74) is 0.177. The summed E-state index contributed by atoms with van der Waals surface area (Å²) in [6.45, 7) is 2.89. The van der Waals surface area contributed by atoms with Gasteiger partial charge in [-0.05, 0) is 37.6 Å². The van der Waals surface area contributed by atoms with Gasteiger partial charge in [-0.25, -0.2) is 13.6 Å². The van der Waals surface area contributed by atoms with Crippen LogP contribution in [0.25, 0.3) is 0 Å². The first-order valence-electron chi connectivity index (χ1n) is 7.92. The third kappa shape index (κ3) is 2.96. The average Bonchev–Trinajstić information content (AvgIpc) is 2.82. The van der Waals surface area contributed by atoms with Crippen LogP contribution in [0.15, 0.2) is 42.5 Å². The fraction of sp³-hybridized carbons (Fsp3) is 0.211. The number of hydrogen-bond donors (Lipinski definition) is 1. The molecule has 134 valence electrons. The minimum Gasteiger partial charge on any atom is -0.319 e. The fourth-order valence-electron chi connectivity index (χ4n) is 2.83. The highest BCUT2D eigenvalue weighted by molar-refractivity contribution is 6.11. The molecule has 7 heteroatoms. The van der Waals surface area contributed by atoms with Crippen LogP contribution < -0.4 is 5.32 Å². The predicted octanol–water partition coefficient (Wildman–Crippen LogP) is 2.92. The molecule has 26 heavy (non-hydrogen) atoms. The average molecular weight is 358 g/mol. The van der Waals surface area contributed by atoms with Gasteiger partial charge in [-0.15, -0.1) is 0 Å². The van der Waals surface area contributed by atoms with Crippen LogP contribution in [0, 0.1) is 18.6 Å². The fourth-order valence-corrected chi connectivity index (χ4v) is 2.83. The number of nitrogens with one attached hydrogen (secondary N) is 1. The van der Waals surface area contributed by atoms with Gasteiger partial charge in [0.15, 0.2) is 17.4 Å². The van der Waals surface area contributed by atoms with Crippen LogP contribution in [-0.4, -0.2) is 29.2 Å². The van der Waals surface area contributed by atoms with E-state index in [1.807, 2.05) is 19.1 Å². The number of halogens is 2. The number of Topliss-reactive ketones (excluding diaryl/α,β-unsaturated/α-hetero) is 1. The summed E-state index contributed by atoms with van der Waals surface area (Å²) in [4.78, 5) is 38.1. The molecule has 0 bridgehead atoms. The van der Waals surface area contributed by atoms with Crippen molar-refractivity contribution < 1.29 is 23.2 Å². The van der Waals surface area contributed by atoms with Gasteiger partial charge < -0.3 is 5.32 Å². The molecule has 5 nitrogen and oxygen atoms in total. The summed E-state index contributed by atoms with van der Waals surface area (Å²) in [6.07, 6.45) is 0. The van der Waals surface area contributed by atoms with Gasteiger partial charge in [0.05, 0.1) is 6.54 Å². The van der Waals surface area contributed by atoms with Crippen LogP contribution in [0.5, 0.6) is 0 Å². The van der Waals surface area contributed by atoms with E-state index in [2.05, 4.69) is 5.32 Å². The van der Waals surface area contributed by atoms with E-state index in [0.29, 0.717) is 5.56 Å². The number of rotatable bonds is 4.